The predicted molar refractivity (Wildman–Crippen MR) is 98.0 cm³/mol. The Morgan fingerprint density at radius 1 is 1.08 bits per heavy atom. The third-order valence-corrected chi connectivity index (χ3v) is 6.13. The van der Waals surface area contributed by atoms with Gasteiger partial charge in [0.2, 0.25) is 0 Å². The Morgan fingerprint density at radius 2 is 1.96 bits per heavy atom. The summed E-state index contributed by atoms with van der Waals surface area (Å²) in [5.74, 6) is 0. The summed E-state index contributed by atoms with van der Waals surface area (Å²) in [7, 11) is 0. The van der Waals surface area contributed by atoms with E-state index in [1.165, 1.54) is 55.1 Å². The Labute approximate surface area is 148 Å². The molecule has 0 radical (unpaired) electrons. The van der Waals surface area contributed by atoms with Crippen LogP contribution in [0, 0.1) is 6.92 Å². The van der Waals surface area contributed by atoms with E-state index in [-0.39, 0.29) is 0 Å². The number of aryl methyl sites for hydroxylation is 1. The molecule has 1 atom stereocenters. The van der Waals surface area contributed by atoms with Crippen LogP contribution in [-0.4, -0.2) is 39.4 Å². The third-order valence-electron chi connectivity index (χ3n) is 5.15. The van der Waals surface area contributed by atoms with E-state index in [1.807, 2.05) is 23.7 Å². The summed E-state index contributed by atoms with van der Waals surface area (Å²) in [5.41, 5.74) is 2.30. The van der Waals surface area contributed by atoms with E-state index < -0.39 is 0 Å². The molecule has 0 bridgehead atoms. The zero-order valence-corrected chi connectivity index (χ0v) is 15.3. The highest BCUT2D eigenvalue weighted by Crippen LogP contribution is 2.33. The van der Waals surface area contributed by atoms with Gasteiger partial charge in [0.1, 0.15) is 0 Å². The Hall–Kier alpha value is -1.30. The lowest BCUT2D eigenvalue weighted by Gasteiger charge is -2.24. The van der Waals surface area contributed by atoms with E-state index in [1.54, 1.807) is 0 Å². The topological polar surface area (TPSA) is 32.3 Å². The van der Waals surface area contributed by atoms with Crippen LogP contribution < -0.4 is 0 Å². The quantitative estimate of drug-likeness (QED) is 0.828. The SMILES string of the molecule is Cc1ccc(CN2CCC[C@@H]2c2cncc(CN3CCCC3)n2)s1. The van der Waals surface area contributed by atoms with Crippen LogP contribution in [0.3, 0.4) is 0 Å². The van der Waals surface area contributed by atoms with E-state index >= 15 is 0 Å². The highest BCUT2D eigenvalue weighted by Gasteiger charge is 2.28. The van der Waals surface area contributed by atoms with Crippen LogP contribution in [0.4, 0.5) is 0 Å². The van der Waals surface area contributed by atoms with E-state index in [4.69, 9.17) is 4.98 Å². The first-order valence-corrected chi connectivity index (χ1v) is 9.92. The second kappa shape index (κ2) is 7.30. The zero-order chi connectivity index (χ0) is 16.4. The molecule has 0 unspecified atom stereocenters. The van der Waals surface area contributed by atoms with Crippen molar-refractivity contribution in [2.24, 2.45) is 0 Å². The maximum Gasteiger partial charge on any atom is 0.0762 e. The van der Waals surface area contributed by atoms with Crippen LogP contribution >= 0.6 is 11.3 Å². The fourth-order valence-electron chi connectivity index (χ4n) is 3.95. The molecule has 2 aliphatic rings. The normalized spacial score (nSPS) is 22.5. The minimum atomic E-state index is 0.429. The van der Waals surface area contributed by atoms with Crippen LogP contribution in [0.15, 0.2) is 24.5 Å². The number of hydrogen-bond donors (Lipinski definition) is 0. The van der Waals surface area contributed by atoms with Crippen molar-refractivity contribution in [2.75, 3.05) is 19.6 Å². The molecule has 0 spiro atoms. The lowest BCUT2D eigenvalue weighted by Crippen LogP contribution is -2.24. The lowest BCUT2D eigenvalue weighted by molar-refractivity contribution is 0.245. The first-order chi connectivity index (χ1) is 11.8. The van der Waals surface area contributed by atoms with Gasteiger partial charge in [0.05, 0.1) is 17.4 Å². The van der Waals surface area contributed by atoms with Crippen LogP contribution in [-0.2, 0) is 13.1 Å². The van der Waals surface area contributed by atoms with Crippen molar-refractivity contribution >= 4 is 11.3 Å². The summed E-state index contributed by atoms with van der Waals surface area (Å²) in [6.45, 7) is 7.76. The molecule has 0 N–H and O–H groups in total. The van der Waals surface area contributed by atoms with Gasteiger partial charge in [0, 0.05) is 35.2 Å². The standard InChI is InChI=1S/C19H26N4S/c1-15-6-7-17(24-15)14-23-10-4-5-19(23)18-12-20-11-16(21-18)13-22-8-2-3-9-22/h6-7,11-12,19H,2-5,8-10,13-14H2,1H3/t19-/m1/s1. The summed E-state index contributed by atoms with van der Waals surface area (Å²) in [4.78, 5) is 17.4. The third kappa shape index (κ3) is 3.68. The van der Waals surface area contributed by atoms with Gasteiger partial charge >= 0.3 is 0 Å². The van der Waals surface area contributed by atoms with Crippen LogP contribution in [0.25, 0.3) is 0 Å². The monoisotopic (exact) mass is 342 g/mol. The second-order valence-corrected chi connectivity index (χ2v) is 8.43. The van der Waals surface area contributed by atoms with Crippen molar-refractivity contribution in [3.05, 3.63) is 45.7 Å². The summed E-state index contributed by atoms with van der Waals surface area (Å²) in [6.07, 6.45) is 9.03. The number of nitrogens with zero attached hydrogens (tertiary/aromatic N) is 4. The van der Waals surface area contributed by atoms with Gasteiger partial charge in [-0.3, -0.25) is 19.8 Å². The lowest BCUT2D eigenvalue weighted by atomic mass is 10.1. The molecule has 128 valence electrons. The van der Waals surface area contributed by atoms with Crippen LogP contribution in [0.2, 0.25) is 0 Å². The summed E-state index contributed by atoms with van der Waals surface area (Å²) >= 11 is 1.91. The number of rotatable bonds is 5. The molecule has 4 heterocycles. The summed E-state index contributed by atoms with van der Waals surface area (Å²) in [5, 5.41) is 0. The van der Waals surface area contributed by atoms with Gasteiger partial charge in [-0.2, -0.15) is 0 Å². The molecule has 0 saturated carbocycles. The predicted octanol–water partition coefficient (Wildman–Crippen LogP) is 3.78. The highest BCUT2D eigenvalue weighted by molar-refractivity contribution is 7.11. The number of likely N-dealkylation sites (tertiary alicyclic amines) is 2. The van der Waals surface area contributed by atoms with Crippen molar-refractivity contribution in [1.82, 2.24) is 19.8 Å². The Balaban J connectivity index is 1.47. The molecule has 2 aromatic heterocycles. The number of thiophene rings is 1. The molecule has 2 saturated heterocycles. The molecule has 2 fully saturated rings. The van der Waals surface area contributed by atoms with Crippen molar-refractivity contribution < 1.29 is 0 Å². The Kier molecular flexibility index (Phi) is 4.92. The van der Waals surface area contributed by atoms with Crippen LogP contribution in [0.1, 0.15) is 52.9 Å². The molecule has 2 aromatic rings. The smallest absolute Gasteiger partial charge is 0.0762 e. The molecular formula is C19H26N4S. The van der Waals surface area contributed by atoms with Gasteiger partial charge in [-0.05, 0) is 64.4 Å². The van der Waals surface area contributed by atoms with E-state index in [2.05, 4.69) is 33.8 Å². The van der Waals surface area contributed by atoms with Gasteiger partial charge in [-0.1, -0.05) is 0 Å². The Morgan fingerprint density at radius 3 is 2.75 bits per heavy atom. The molecule has 4 rings (SSSR count). The van der Waals surface area contributed by atoms with E-state index in [0.717, 1.165) is 24.5 Å². The van der Waals surface area contributed by atoms with E-state index in [0.29, 0.717) is 6.04 Å². The Bertz CT molecular complexity index is 678. The van der Waals surface area contributed by atoms with E-state index in [9.17, 15) is 0 Å². The van der Waals surface area contributed by atoms with Gasteiger partial charge in [0.25, 0.3) is 0 Å². The maximum absolute atomic E-state index is 4.97. The fraction of sp³-hybridized carbons (Fsp3) is 0.579. The van der Waals surface area contributed by atoms with Crippen molar-refractivity contribution in [3.63, 3.8) is 0 Å². The molecule has 2 aliphatic heterocycles. The fourth-order valence-corrected chi connectivity index (χ4v) is 4.87. The first-order valence-electron chi connectivity index (χ1n) is 9.10. The minimum Gasteiger partial charge on any atom is -0.297 e. The molecule has 0 aliphatic carbocycles. The first kappa shape index (κ1) is 16.2. The van der Waals surface area contributed by atoms with Gasteiger partial charge in [0.15, 0.2) is 0 Å². The summed E-state index contributed by atoms with van der Waals surface area (Å²) in [6, 6.07) is 4.92. The van der Waals surface area contributed by atoms with Crippen molar-refractivity contribution in [3.8, 4) is 0 Å². The average molecular weight is 343 g/mol. The second-order valence-electron chi connectivity index (χ2n) is 7.06. The highest BCUT2D eigenvalue weighted by atomic mass is 32.1. The largest absolute Gasteiger partial charge is 0.297 e. The summed E-state index contributed by atoms with van der Waals surface area (Å²) < 4.78 is 0. The number of aromatic nitrogens is 2. The zero-order valence-electron chi connectivity index (χ0n) is 14.4. The minimum absolute atomic E-state index is 0.429. The molecule has 24 heavy (non-hydrogen) atoms. The molecule has 4 nitrogen and oxygen atoms in total. The molecule has 0 aromatic carbocycles. The molecule has 5 heteroatoms. The van der Waals surface area contributed by atoms with Crippen LogP contribution in [0.5, 0.6) is 0 Å². The van der Waals surface area contributed by atoms with Gasteiger partial charge in [-0.25, -0.2) is 0 Å². The van der Waals surface area contributed by atoms with Gasteiger partial charge < -0.3 is 0 Å². The maximum atomic E-state index is 4.97. The van der Waals surface area contributed by atoms with Crippen molar-refractivity contribution in [2.45, 2.75) is 51.7 Å². The molecule has 0 amide bonds. The van der Waals surface area contributed by atoms with Crippen molar-refractivity contribution in [1.29, 1.82) is 0 Å². The molecular weight excluding hydrogens is 316 g/mol. The number of hydrogen-bond acceptors (Lipinski definition) is 5. The average Bonchev–Trinajstić information content (AvgIpc) is 3.31. The van der Waals surface area contributed by atoms with Gasteiger partial charge in [-0.15, -0.1) is 11.3 Å².